The fourth-order valence-corrected chi connectivity index (χ4v) is 1.85. The largest absolute Gasteiger partial charge is 0.336 e. The molecule has 5 heteroatoms. The lowest BCUT2D eigenvalue weighted by atomic mass is 9.96. The number of aromatic amines is 1. The summed E-state index contributed by atoms with van der Waals surface area (Å²) in [4.78, 5) is 18.3. The number of nitrogens with one attached hydrogen (secondary N) is 1. The predicted molar refractivity (Wildman–Crippen MR) is 71.5 cm³/mol. The van der Waals surface area contributed by atoms with Crippen LogP contribution in [0.4, 0.5) is 0 Å². The average molecular weight is 252 g/mol. The summed E-state index contributed by atoms with van der Waals surface area (Å²) < 4.78 is 0. The van der Waals surface area contributed by atoms with E-state index >= 15 is 0 Å². The molecule has 1 N–H and O–H groups in total. The zero-order valence-corrected chi connectivity index (χ0v) is 12.2. The molecule has 0 radical (unpaired) electrons. The molecule has 0 bridgehead atoms. The number of amides is 1. The molecule has 1 aromatic rings. The van der Waals surface area contributed by atoms with E-state index in [0.717, 1.165) is 18.7 Å². The summed E-state index contributed by atoms with van der Waals surface area (Å²) in [5.41, 5.74) is -0.126. The highest BCUT2D eigenvalue weighted by atomic mass is 16.2. The van der Waals surface area contributed by atoms with Crippen molar-refractivity contribution in [2.24, 2.45) is 0 Å². The van der Waals surface area contributed by atoms with Crippen molar-refractivity contribution in [1.29, 1.82) is 0 Å². The van der Waals surface area contributed by atoms with Crippen molar-refractivity contribution in [3.63, 3.8) is 0 Å². The van der Waals surface area contributed by atoms with Crippen molar-refractivity contribution >= 4 is 5.91 Å². The van der Waals surface area contributed by atoms with Crippen LogP contribution in [0.3, 0.4) is 0 Å². The molecule has 0 unspecified atom stereocenters. The molecule has 1 rings (SSSR count). The van der Waals surface area contributed by atoms with Gasteiger partial charge in [0, 0.05) is 18.5 Å². The maximum Gasteiger partial charge on any atom is 0.293 e. The third kappa shape index (κ3) is 3.09. The van der Waals surface area contributed by atoms with Crippen LogP contribution in [0.25, 0.3) is 0 Å². The molecule has 102 valence electrons. The first-order chi connectivity index (χ1) is 8.31. The van der Waals surface area contributed by atoms with Gasteiger partial charge < -0.3 is 4.90 Å². The van der Waals surface area contributed by atoms with E-state index in [4.69, 9.17) is 0 Å². The van der Waals surface area contributed by atoms with E-state index in [9.17, 15) is 4.79 Å². The normalized spacial score (nSPS) is 11.9. The number of carbonyl (C=O) groups excluding carboxylic acids is 1. The summed E-state index contributed by atoms with van der Waals surface area (Å²) in [6.45, 7) is 10.3. The Bertz CT molecular complexity index is 401. The van der Waals surface area contributed by atoms with Gasteiger partial charge in [-0.25, -0.2) is 4.98 Å². The molecule has 0 fully saturated rings. The van der Waals surface area contributed by atoms with Gasteiger partial charge in [-0.15, -0.1) is 5.10 Å². The molecule has 0 saturated carbocycles. The summed E-state index contributed by atoms with van der Waals surface area (Å²) in [6.07, 6.45) is 1.88. The minimum absolute atomic E-state index is 0.115. The summed E-state index contributed by atoms with van der Waals surface area (Å²) in [5.74, 6) is 0.883. The molecule has 0 spiro atoms. The number of aromatic nitrogens is 3. The van der Waals surface area contributed by atoms with Crippen molar-refractivity contribution in [3.05, 3.63) is 11.6 Å². The van der Waals surface area contributed by atoms with Gasteiger partial charge in [-0.3, -0.25) is 9.89 Å². The molecule has 18 heavy (non-hydrogen) atoms. The van der Waals surface area contributed by atoms with Crippen LogP contribution in [0.15, 0.2) is 0 Å². The van der Waals surface area contributed by atoms with Gasteiger partial charge in [-0.1, -0.05) is 34.6 Å². The second-order valence-electron chi connectivity index (χ2n) is 5.64. The topological polar surface area (TPSA) is 61.9 Å². The van der Waals surface area contributed by atoms with Gasteiger partial charge in [0.1, 0.15) is 5.82 Å². The van der Waals surface area contributed by atoms with E-state index in [1.165, 1.54) is 0 Å². The SMILES string of the molecule is CCC(CC)N(C)C(=O)c1n[nH]c(C(C)(C)C)n1. The van der Waals surface area contributed by atoms with E-state index < -0.39 is 0 Å². The first-order valence-electron chi connectivity index (χ1n) is 6.51. The molecule has 1 heterocycles. The van der Waals surface area contributed by atoms with Crippen molar-refractivity contribution < 1.29 is 4.79 Å². The first kappa shape index (κ1) is 14.7. The van der Waals surface area contributed by atoms with Gasteiger partial charge in [0.2, 0.25) is 5.82 Å². The third-order valence-electron chi connectivity index (χ3n) is 3.20. The number of hydrogen-bond acceptors (Lipinski definition) is 3. The van der Waals surface area contributed by atoms with Gasteiger partial charge in [0.25, 0.3) is 5.91 Å². The lowest BCUT2D eigenvalue weighted by molar-refractivity contribution is 0.0711. The Hall–Kier alpha value is -1.39. The van der Waals surface area contributed by atoms with Crippen LogP contribution in [0.5, 0.6) is 0 Å². The Balaban J connectivity index is 2.88. The zero-order chi connectivity index (χ0) is 13.9. The highest BCUT2D eigenvalue weighted by Gasteiger charge is 2.25. The minimum Gasteiger partial charge on any atom is -0.336 e. The summed E-state index contributed by atoms with van der Waals surface area (Å²) in [6, 6.07) is 0.245. The summed E-state index contributed by atoms with van der Waals surface area (Å²) in [5, 5.41) is 6.88. The highest BCUT2D eigenvalue weighted by Crippen LogP contribution is 2.18. The maximum atomic E-state index is 12.2. The number of H-pyrrole nitrogens is 1. The Morgan fingerprint density at radius 2 is 1.89 bits per heavy atom. The predicted octanol–water partition coefficient (Wildman–Crippen LogP) is 2.36. The summed E-state index contributed by atoms with van der Waals surface area (Å²) in [7, 11) is 1.81. The number of rotatable bonds is 4. The van der Waals surface area contributed by atoms with E-state index in [1.807, 2.05) is 27.8 Å². The third-order valence-corrected chi connectivity index (χ3v) is 3.20. The monoisotopic (exact) mass is 252 g/mol. The van der Waals surface area contributed by atoms with E-state index in [-0.39, 0.29) is 23.2 Å². The quantitative estimate of drug-likeness (QED) is 0.894. The fourth-order valence-electron chi connectivity index (χ4n) is 1.85. The Morgan fingerprint density at radius 1 is 1.33 bits per heavy atom. The number of hydrogen-bond donors (Lipinski definition) is 1. The van der Waals surface area contributed by atoms with Crippen molar-refractivity contribution in [2.45, 2.75) is 58.9 Å². The van der Waals surface area contributed by atoms with Crippen molar-refractivity contribution in [2.75, 3.05) is 7.05 Å². The summed E-state index contributed by atoms with van der Waals surface area (Å²) >= 11 is 0. The van der Waals surface area contributed by atoms with E-state index in [2.05, 4.69) is 29.0 Å². The van der Waals surface area contributed by atoms with E-state index in [1.54, 1.807) is 4.90 Å². The van der Waals surface area contributed by atoms with Gasteiger partial charge in [-0.2, -0.15) is 0 Å². The van der Waals surface area contributed by atoms with Crippen molar-refractivity contribution in [3.8, 4) is 0 Å². The fraction of sp³-hybridized carbons (Fsp3) is 0.769. The highest BCUT2D eigenvalue weighted by molar-refractivity contribution is 5.90. The smallest absolute Gasteiger partial charge is 0.293 e. The molecule has 5 nitrogen and oxygen atoms in total. The minimum atomic E-state index is -0.126. The van der Waals surface area contributed by atoms with Crippen LogP contribution < -0.4 is 0 Å². The van der Waals surface area contributed by atoms with Crippen LogP contribution in [-0.2, 0) is 5.41 Å². The molecule has 1 amide bonds. The standard InChI is InChI=1S/C13H24N4O/c1-7-9(8-2)17(6)11(18)10-14-12(16-15-10)13(3,4)5/h9H,7-8H2,1-6H3,(H,14,15,16). The Labute approximate surface area is 109 Å². The lowest BCUT2D eigenvalue weighted by Gasteiger charge is -2.24. The zero-order valence-electron chi connectivity index (χ0n) is 12.2. The maximum absolute atomic E-state index is 12.2. The van der Waals surface area contributed by atoms with Gasteiger partial charge in [0.05, 0.1) is 0 Å². The van der Waals surface area contributed by atoms with Gasteiger partial charge in [-0.05, 0) is 12.8 Å². The Kier molecular flexibility index (Phi) is 4.48. The second-order valence-corrected chi connectivity index (χ2v) is 5.64. The van der Waals surface area contributed by atoms with E-state index in [0.29, 0.717) is 0 Å². The molecule has 0 aliphatic heterocycles. The first-order valence-corrected chi connectivity index (χ1v) is 6.51. The van der Waals surface area contributed by atoms with Crippen molar-refractivity contribution in [1.82, 2.24) is 20.1 Å². The van der Waals surface area contributed by atoms with Crippen LogP contribution in [0.1, 0.15) is 63.9 Å². The van der Waals surface area contributed by atoms with Gasteiger partial charge in [0.15, 0.2) is 0 Å². The molecular formula is C13H24N4O. The lowest BCUT2D eigenvalue weighted by Crippen LogP contribution is -2.36. The number of carbonyl (C=O) groups is 1. The second kappa shape index (κ2) is 5.50. The van der Waals surface area contributed by atoms with Crippen LogP contribution in [0.2, 0.25) is 0 Å². The van der Waals surface area contributed by atoms with Gasteiger partial charge >= 0.3 is 0 Å². The average Bonchev–Trinajstić information content (AvgIpc) is 2.78. The van der Waals surface area contributed by atoms with Crippen LogP contribution in [-0.4, -0.2) is 39.1 Å². The molecule has 0 aliphatic rings. The molecule has 1 aromatic heterocycles. The Morgan fingerprint density at radius 3 is 2.28 bits per heavy atom. The molecule has 0 aliphatic carbocycles. The van der Waals surface area contributed by atoms with Crippen LogP contribution in [0, 0.1) is 0 Å². The molecule has 0 saturated heterocycles. The molecule has 0 atom stereocenters. The molecular weight excluding hydrogens is 228 g/mol. The van der Waals surface area contributed by atoms with Crippen LogP contribution >= 0.6 is 0 Å². The number of nitrogens with zero attached hydrogens (tertiary/aromatic N) is 3. The molecule has 0 aromatic carbocycles.